The number of hydrogen-bond acceptors (Lipinski definition) is 4. The molecule has 3 aromatic rings. The maximum absolute atomic E-state index is 11.3. The van der Waals surface area contributed by atoms with Crippen molar-refractivity contribution in [3.05, 3.63) is 101 Å². The Hall–Kier alpha value is -3.53. The van der Waals surface area contributed by atoms with Crippen LogP contribution in [0.15, 0.2) is 78.9 Å². The number of esters is 1. The topological polar surface area (TPSA) is 49.8 Å². The number of phenols is 1. The van der Waals surface area contributed by atoms with E-state index in [9.17, 15) is 9.90 Å². The molecule has 0 aromatic heterocycles. The number of ether oxygens (including phenoxy) is 1. The van der Waals surface area contributed by atoms with Gasteiger partial charge in [-0.3, -0.25) is 0 Å². The molecule has 3 aromatic carbocycles. The summed E-state index contributed by atoms with van der Waals surface area (Å²) in [6, 6.07) is 24.3. The highest BCUT2D eigenvalue weighted by Crippen LogP contribution is 2.39. The molecule has 0 spiro atoms. The molecule has 29 heavy (non-hydrogen) atoms. The molecule has 1 aliphatic rings. The molecular formula is C25H23NO3. The molecule has 4 rings (SSSR count). The smallest absolute Gasteiger partial charge is 0.330 e. The highest BCUT2D eigenvalue weighted by molar-refractivity contribution is 5.86. The number of para-hydroxylation sites is 1. The van der Waals surface area contributed by atoms with Crippen LogP contribution in [0.5, 0.6) is 5.75 Å². The number of anilines is 1. The molecule has 4 heteroatoms. The van der Waals surface area contributed by atoms with Crippen molar-refractivity contribution < 1.29 is 14.6 Å². The Balaban J connectivity index is 1.73. The minimum atomic E-state index is -0.370. The van der Waals surface area contributed by atoms with Gasteiger partial charge in [0.1, 0.15) is 5.75 Å². The lowest BCUT2D eigenvalue weighted by Crippen LogP contribution is -2.36. The second-order valence-corrected chi connectivity index (χ2v) is 7.09. The van der Waals surface area contributed by atoms with Gasteiger partial charge in [0.2, 0.25) is 0 Å². The number of fused-ring (bicyclic) bond motifs is 1. The molecule has 0 amide bonds. The number of rotatable bonds is 4. The minimum Gasteiger partial charge on any atom is -0.508 e. The molecule has 1 aliphatic heterocycles. The molecule has 1 atom stereocenters. The number of carbonyl (C=O) groups excluding carboxylic acids is 1. The first-order valence-electron chi connectivity index (χ1n) is 9.65. The van der Waals surface area contributed by atoms with E-state index >= 15 is 0 Å². The summed E-state index contributed by atoms with van der Waals surface area (Å²) in [5, 5.41) is 9.93. The van der Waals surface area contributed by atoms with Crippen molar-refractivity contribution >= 4 is 17.7 Å². The van der Waals surface area contributed by atoms with Gasteiger partial charge in [0.05, 0.1) is 13.2 Å². The third kappa shape index (κ3) is 4.02. The quantitative estimate of drug-likeness (QED) is 0.521. The third-order valence-corrected chi connectivity index (χ3v) is 5.31. The molecule has 0 saturated heterocycles. The van der Waals surface area contributed by atoms with Crippen LogP contribution in [0.25, 0.3) is 6.08 Å². The fourth-order valence-electron chi connectivity index (χ4n) is 3.89. The minimum absolute atomic E-state index is 0.0559. The number of benzene rings is 3. The number of carbonyl (C=O) groups is 1. The van der Waals surface area contributed by atoms with Gasteiger partial charge in [0.25, 0.3) is 0 Å². The average Bonchev–Trinajstić information content (AvgIpc) is 2.77. The van der Waals surface area contributed by atoms with E-state index in [2.05, 4.69) is 46.0 Å². The largest absolute Gasteiger partial charge is 0.508 e. The van der Waals surface area contributed by atoms with Crippen LogP contribution >= 0.6 is 0 Å². The zero-order chi connectivity index (χ0) is 20.2. The average molecular weight is 385 g/mol. The first kappa shape index (κ1) is 18.8. The number of phenolic OH excluding ortho intramolecular Hbond substituents is 1. The predicted molar refractivity (Wildman–Crippen MR) is 115 cm³/mol. The molecule has 0 bridgehead atoms. The van der Waals surface area contributed by atoms with E-state index in [1.54, 1.807) is 12.1 Å². The zero-order valence-corrected chi connectivity index (χ0v) is 16.3. The van der Waals surface area contributed by atoms with Crippen molar-refractivity contribution in [1.29, 1.82) is 0 Å². The Morgan fingerprint density at radius 3 is 2.55 bits per heavy atom. The van der Waals surface area contributed by atoms with Gasteiger partial charge in [-0.15, -0.1) is 0 Å². The standard InChI is InChI=1S/C25H23NO3/c1-29-24(28)14-9-18-7-10-19(11-8-18)25-23-13-12-22(27)17-20(23)15-16-26(25)21-5-3-2-4-6-21/h2-14,17,25,27H,15-16H2,1H3/b14-9+. The molecule has 0 saturated carbocycles. The van der Waals surface area contributed by atoms with Crippen LogP contribution in [0.1, 0.15) is 28.3 Å². The molecule has 1 N–H and O–H groups in total. The second-order valence-electron chi connectivity index (χ2n) is 7.09. The first-order valence-corrected chi connectivity index (χ1v) is 9.65. The summed E-state index contributed by atoms with van der Waals surface area (Å²) in [6.07, 6.45) is 4.05. The van der Waals surface area contributed by atoms with E-state index < -0.39 is 0 Å². The normalized spacial score (nSPS) is 15.9. The van der Waals surface area contributed by atoms with E-state index in [0.29, 0.717) is 5.75 Å². The van der Waals surface area contributed by atoms with Gasteiger partial charge < -0.3 is 14.7 Å². The SMILES string of the molecule is COC(=O)/C=C/c1ccc(C2c3ccc(O)cc3CCN2c2ccccc2)cc1. The van der Waals surface area contributed by atoms with E-state index in [1.165, 1.54) is 30.0 Å². The maximum Gasteiger partial charge on any atom is 0.330 e. The summed E-state index contributed by atoms with van der Waals surface area (Å²) in [7, 11) is 1.37. The highest BCUT2D eigenvalue weighted by atomic mass is 16.5. The lowest BCUT2D eigenvalue weighted by atomic mass is 9.87. The molecule has 0 radical (unpaired) electrons. The number of methoxy groups -OCH3 is 1. The van der Waals surface area contributed by atoms with Gasteiger partial charge in [-0.05, 0) is 59.0 Å². The molecule has 4 nitrogen and oxygen atoms in total. The zero-order valence-electron chi connectivity index (χ0n) is 16.3. The van der Waals surface area contributed by atoms with Crippen LogP contribution in [0, 0.1) is 0 Å². The van der Waals surface area contributed by atoms with Crippen molar-refractivity contribution in [2.45, 2.75) is 12.5 Å². The summed E-state index contributed by atoms with van der Waals surface area (Å²) in [4.78, 5) is 13.7. The highest BCUT2D eigenvalue weighted by Gasteiger charge is 2.29. The number of aromatic hydroxyl groups is 1. The Labute approximate surface area is 170 Å². The van der Waals surface area contributed by atoms with E-state index in [0.717, 1.165) is 24.1 Å². The molecule has 1 heterocycles. The fraction of sp³-hybridized carbons (Fsp3) is 0.160. The summed E-state index contributed by atoms with van der Waals surface area (Å²) in [5.74, 6) is -0.0655. The van der Waals surface area contributed by atoms with E-state index in [4.69, 9.17) is 0 Å². The Kier molecular flexibility index (Phi) is 5.34. The van der Waals surface area contributed by atoms with Gasteiger partial charge in [0.15, 0.2) is 0 Å². The number of nitrogens with zero attached hydrogens (tertiary/aromatic N) is 1. The van der Waals surface area contributed by atoms with E-state index in [-0.39, 0.29) is 12.0 Å². The van der Waals surface area contributed by atoms with Gasteiger partial charge in [-0.2, -0.15) is 0 Å². The van der Waals surface area contributed by atoms with Gasteiger partial charge >= 0.3 is 5.97 Å². The second kappa shape index (κ2) is 8.23. The summed E-state index contributed by atoms with van der Waals surface area (Å²) in [6.45, 7) is 0.870. The van der Waals surface area contributed by atoms with Crippen molar-refractivity contribution in [2.75, 3.05) is 18.6 Å². The third-order valence-electron chi connectivity index (χ3n) is 5.31. The van der Waals surface area contributed by atoms with Crippen molar-refractivity contribution in [1.82, 2.24) is 0 Å². The fourth-order valence-corrected chi connectivity index (χ4v) is 3.89. The van der Waals surface area contributed by atoms with Crippen molar-refractivity contribution in [3.63, 3.8) is 0 Å². The lowest BCUT2D eigenvalue weighted by molar-refractivity contribution is -0.134. The molecular weight excluding hydrogens is 362 g/mol. The van der Waals surface area contributed by atoms with Crippen LogP contribution in [0.2, 0.25) is 0 Å². The maximum atomic E-state index is 11.3. The summed E-state index contributed by atoms with van der Waals surface area (Å²) < 4.78 is 4.65. The van der Waals surface area contributed by atoms with Crippen LogP contribution < -0.4 is 4.90 Å². The van der Waals surface area contributed by atoms with Crippen LogP contribution in [0.4, 0.5) is 5.69 Å². The Morgan fingerprint density at radius 2 is 1.83 bits per heavy atom. The van der Waals surface area contributed by atoms with E-state index in [1.807, 2.05) is 30.3 Å². The van der Waals surface area contributed by atoms with Gasteiger partial charge in [-0.1, -0.05) is 48.5 Å². The van der Waals surface area contributed by atoms with Crippen LogP contribution in [-0.2, 0) is 16.0 Å². The predicted octanol–water partition coefficient (Wildman–Crippen LogP) is 4.73. The molecule has 1 unspecified atom stereocenters. The monoisotopic (exact) mass is 385 g/mol. The first-order chi connectivity index (χ1) is 14.2. The summed E-state index contributed by atoms with van der Waals surface area (Å²) >= 11 is 0. The molecule has 0 aliphatic carbocycles. The van der Waals surface area contributed by atoms with Crippen LogP contribution in [0.3, 0.4) is 0 Å². The van der Waals surface area contributed by atoms with Crippen LogP contribution in [-0.4, -0.2) is 24.7 Å². The van der Waals surface area contributed by atoms with Gasteiger partial charge in [-0.25, -0.2) is 4.79 Å². The van der Waals surface area contributed by atoms with Crippen molar-refractivity contribution in [3.8, 4) is 5.75 Å². The Bertz CT molecular complexity index is 1030. The van der Waals surface area contributed by atoms with Gasteiger partial charge in [0, 0.05) is 18.3 Å². The lowest BCUT2D eigenvalue weighted by Gasteiger charge is -2.39. The number of hydrogen-bond donors (Lipinski definition) is 1. The molecule has 146 valence electrons. The Morgan fingerprint density at radius 1 is 1.07 bits per heavy atom. The van der Waals surface area contributed by atoms with Crippen molar-refractivity contribution in [2.24, 2.45) is 0 Å². The summed E-state index contributed by atoms with van der Waals surface area (Å²) in [5.41, 5.74) is 5.65. The molecule has 0 fully saturated rings.